The number of aryl methyl sites for hydroxylation is 1. The average molecular weight is 382 g/mol. The molecule has 0 atom stereocenters. The Morgan fingerprint density at radius 1 is 1.20 bits per heavy atom. The van der Waals surface area contributed by atoms with Gasteiger partial charge in [-0.05, 0) is 54.8 Å². The third kappa shape index (κ3) is 4.32. The summed E-state index contributed by atoms with van der Waals surface area (Å²) in [7, 11) is 0. The molecule has 25 heavy (non-hydrogen) atoms. The van der Waals surface area contributed by atoms with Crippen molar-refractivity contribution in [2.45, 2.75) is 25.8 Å². The lowest BCUT2D eigenvalue weighted by Crippen LogP contribution is -2.31. The van der Waals surface area contributed by atoms with Crippen molar-refractivity contribution < 1.29 is 4.39 Å². The second-order valence-electron chi connectivity index (χ2n) is 6.26. The first-order valence-corrected chi connectivity index (χ1v) is 8.20. The number of nitrogens with one attached hydrogen (secondary N) is 1. The molecule has 3 heterocycles. The molecule has 0 fully saturated rings. The summed E-state index contributed by atoms with van der Waals surface area (Å²) in [4.78, 5) is 10.1. The van der Waals surface area contributed by atoms with E-state index < -0.39 is 0 Å². The first-order chi connectivity index (χ1) is 11.3. The number of aromatic amines is 1. The molecule has 0 bridgehead atoms. The summed E-state index contributed by atoms with van der Waals surface area (Å²) in [5, 5.41) is 1.04. The zero-order valence-corrected chi connectivity index (χ0v) is 15.5. The summed E-state index contributed by atoms with van der Waals surface area (Å²) in [6.07, 6.45) is 6.94. The Hall–Kier alpha value is -1.62. The number of H-pyrrole nitrogens is 1. The van der Waals surface area contributed by atoms with Crippen LogP contribution in [0.15, 0.2) is 42.7 Å². The van der Waals surface area contributed by atoms with E-state index in [9.17, 15) is 4.39 Å². The van der Waals surface area contributed by atoms with Crippen molar-refractivity contribution in [2.24, 2.45) is 0 Å². The van der Waals surface area contributed by atoms with Crippen molar-refractivity contribution in [3.8, 4) is 0 Å². The van der Waals surface area contributed by atoms with Crippen molar-refractivity contribution in [3.05, 3.63) is 65.4 Å². The molecule has 0 spiro atoms. The first kappa shape index (κ1) is 19.7. The highest BCUT2D eigenvalue weighted by Gasteiger charge is 2.20. The molecule has 0 amide bonds. The highest BCUT2D eigenvalue weighted by Crippen LogP contribution is 2.28. The third-order valence-electron chi connectivity index (χ3n) is 4.68. The van der Waals surface area contributed by atoms with Crippen LogP contribution in [-0.4, -0.2) is 28.0 Å². The monoisotopic (exact) mass is 381 g/mol. The van der Waals surface area contributed by atoms with Crippen molar-refractivity contribution in [1.29, 1.82) is 0 Å². The molecule has 1 aliphatic rings. The minimum absolute atomic E-state index is 0. The molecule has 1 aromatic carbocycles. The van der Waals surface area contributed by atoms with E-state index in [-0.39, 0.29) is 30.6 Å². The van der Waals surface area contributed by atoms with Crippen molar-refractivity contribution in [2.75, 3.05) is 13.1 Å². The number of hydrogen-bond donors (Lipinski definition) is 1. The Morgan fingerprint density at radius 3 is 2.88 bits per heavy atom. The van der Waals surface area contributed by atoms with Crippen molar-refractivity contribution in [3.63, 3.8) is 0 Å². The molecule has 6 heteroatoms. The third-order valence-corrected chi connectivity index (χ3v) is 4.68. The van der Waals surface area contributed by atoms with E-state index >= 15 is 0 Å². The Balaban J connectivity index is 0.00000113. The Morgan fingerprint density at radius 2 is 2.08 bits per heavy atom. The van der Waals surface area contributed by atoms with Crippen LogP contribution in [0.25, 0.3) is 10.9 Å². The van der Waals surface area contributed by atoms with Crippen LogP contribution in [0, 0.1) is 5.82 Å². The first-order valence-electron chi connectivity index (χ1n) is 8.20. The summed E-state index contributed by atoms with van der Waals surface area (Å²) >= 11 is 0. The van der Waals surface area contributed by atoms with Crippen LogP contribution in [0.1, 0.15) is 23.2 Å². The molecule has 4 rings (SSSR count). The molecular formula is C19H22Cl2FN3. The summed E-state index contributed by atoms with van der Waals surface area (Å²) in [6, 6.07) is 9.14. The number of pyridine rings is 1. The summed E-state index contributed by atoms with van der Waals surface area (Å²) in [6.45, 7) is 3.04. The van der Waals surface area contributed by atoms with Crippen LogP contribution in [0.4, 0.5) is 4.39 Å². The lowest BCUT2D eigenvalue weighted by molar-refractivity contribution is 0.251. The SMILES string of the molecule is Cl.Cl.Fc1ccc2[nH]c3c(c2c1)CN(CCCc1cccnc1)CC3. The van der Waals surface area contributed by atoms with E-state index in [1.165, 1.54) is 22.9 Å². The highest BCUT2D eigenvalue weighted by molar-refractivity contribution is 5.86. The zero-order chi connectivity index (χ0) is 15.6. The summed E-state index contributed by atoms with van der Waals surface area (Å²) < 4.78 is 13.5. The van der Waals surface area contributed by atoms with Crippen LogP contribution < -0.4 is 0 Å². The van der Waals surface area contributed by atoms with E-state index in [2.05, 4.69) is 20.9 Å². The normalized spacial score (nSPS) is 13.8. The predicted octanol–water partition coefficient (Wildman–Crippen LogP) is 4.54. The maximum Gasteiger partial charge on any atom is 0.123 e. The minimum Gasteiger partial charge on any atom is -0.358 e. The fraction of sp³-hybridized carbons (Fsp3) is 0.316. The summed E-state index contributed by atoms with van der Waals surface area (Å²) in [5.41, 5.74) is 4.88. The van der Waals surface area contributed by atoms with Gasteiger partial charge in [-0.2, -0.15) is 0 Å². The number of rotatable bonds is 4. The van der Waals surface area contributed by atoms with E-state index in [4.69, 9.17) is 0 Å². The largest absolute Gasteiger partial charge is 0.358 e. The lowest BCUT2D eigenvalue weighted by Gasteiger charge is -2.27. The molecule has 134 valence electrons. The molecule has 3 aromatic rings. The van der Waals surface area contributed by atoms with Gasteiger partial charge in [0, 0.05) is 48.5 Å². The number of nitrogens with zero attached hydrogens (tertiary/aromatic N) is 2. The van der Waals surface area contributed by atoms with Gasteiger partial charge in [-0.15, -0.1) is 24.8 Å². The topological polar surface area (TPSA) is 31.9 Å². The Labute approximate surface area is 159 Å². The number of aromatic nitrogens is 2. The maximum absolute atomic E-state index is 13.5. The van der Waals surface area contributed by atoms with E-state index in [0.717, 1.165) is 49.8 Å². The molecular weight excluding hydrogens is 360 g/mol. The van der Waals surface area contributed by atoms with Crippen LogP contribution in [0.3, 0.4) is 0 Å². The molecule has 0 radical (unpaired) electrons. The zero-order valence-electron chi connectivity index (χ0n) is 13.9. The van der Waals surface area contributed by atoms with Crippen LogP contribution >= 0.6 is 24.8 Å². The van der Waals surface area contributed by atoms with E-state index in [1.807, 2.05) is 24.5 Å². The van der Waals surface area contributed by atoms with Gasteiger partial charge in [-0.3, -0.25) is 9.88 Å². The lowest BCUT2D eigenvalue weighted by atomic mass is 10.0. The summed E-state index contributed by atoms with van der Waals surface area (Å²) in [5.74, 6) is -0.159. The van der Waals surface area contributed by atoms with Crippen LogP contribution in [-0.2, 0) is 19.4 Å². The van der Waals surface area contributed by atoms with Crippen LogP contribution in [0.2, 0.25) is 0 Å². The van der Waals surface area contributed by atoms with Gasteiger partial charge < -0.3 is 4.98 Å². The standard InChI is InChI=1S/C19H20FN3.2ClH/c20-15-5-6-18-16(11-15)17-13-23(10-7-19(17)22-18)9-2-4-14-3-1-8-21-12-14;;/h1,3,5-6,8,11-12,22H,2,4,7,9-10,13H2;2*1H. The molecule has 0 saturated carbocycles. The fourth-order valence-corrected chi connectivity index (χ4v) is 3.49. The smallest absolute Gasteiger partial charge is 0.123 e. The van der Waals surface area contributed by atoms with Gasteiger partial charge in [-0.25, -0.2) is 4.39 Å². The second kappa shape index (κ2) is 8.65. The molecule has 2 aromatic heterocycles. The van der Waals surface area contributed by atoms with Crippen molar-refractivity contribution in [1.82, 2.24) is 14.9 Å². The average Bonchev–Trinajstić information content (AvgIpc) is 2.93. The number of fused-ring (bicyclic) bond motifs is 3. The second-order valence-corrected chi connectivity index (χ2v) is 6.26. The molecule has 1 aliphatic heterocycles. The predicted molar refractivity (Wildman–Crippen MR) is 104 cm³/mol. The van der Waals surface area contributed by atoms with Gasteiger partial charge >= 0.3 is 0 Å². The van der Waals surface area contributed by atoms with Gasteiger partial charge in [0.1, 0.15) is 5.82 Å². The van der Waals surface area contributed by atoms with Crippen LogP contribution in [0.5, 0.6) is 0 Å². The van der Waals surface area contributed by atoms with Crippen molar-refractivity contribution >= 4 is 35.7 Å². The number of halogens is 3. The van der Waals surface area contributed by atoms with Gasteiger partial charge in [-0.1, -0.05) is 6.07 Å². The maximum atomic E-state index is 13.5. The molecule has 0 aliphatic carbocycles. The highest BCUT2D eigenvalue weighted by atomic mass is 35.5. The van der Waals surface area contributed by atoms with Gasteiger partial charge in [0.05, 0.1) is 0 Å². The van der Waals surface area contributed by atoms with E-state index in [0.29, 0.717) is 0 Å². The van der Waals surface area contributed by atoms with Gasteiger partial charge in [0.2, 0.25) is 0 Å². The minimum atomic E-state index is -0.159. The fourth-order valence-electron chi connectivity index (χ4n) is 3.49. The Bertz CT molecular complexity index is 820. The van der Waals surface area contributed by atoms with Gasteiger partial charge in [0.25, 0.3) is 0 Å². The van der Waals surface area contributed by atoms with Gasteiger partial charge in [0.15, 0.2) is 0 Å². The molecule has 1 N–H and O–H groups in total. The quantitative estimate of drug-likeness (QED) is 0.719. The number of hydrogen-bond acceptors (Lipinski definition) is 2. The number of benzene rings is 1. The van der Waals surface area contributed by atoms with E-state index in [1.54, 1.807) is 6.07 Å². The Kier molecular flexibility index (Phi) is 6.82. The molecule has 0 saturated heterocycles. The molecule has 0 unspecified atom stereocenters. The molecule has 3 nitrogen and oxygen atoms in total.